The number of aromatic nitrogens is 1. The largest absolute Gasteiger partial charge is 0.497 e. The van der Waals surface area contributed by atoms with E-state index in [0.29, 0.717) is 12.2 Å². The maximum Gasteiger partial charge on any atom is 0.308 e. The van der Waals surface area contributed by atoms with E-state index in [2.05, 4.69) is 24.3 Å². The summed E-state index contributed by atoms with van der Waals surface area (Å²) in [4.78, 5) is 29.3. The summed E-state index contributed by atoms with van der Waals surface area (Å²) in [6.45, 7) is 0. The minimum absolute atomic E-state index is 0.0231. The highest BCUT2D eigenvalue weighted by molar-refractivity contribution is 7.98. The van der Waals surface area contributed by atoms with Gasteiger partial charge in [-0.1, -0.05) is 23.5 Å². The Morgan fingerprint density at radius 2 is 1.75 bits per heavy atom. The van der Waals surface area contributed by atoms with Crippen LogP contribution in [0.2, 0.25) is 0 Å². The maximum absolute atomic E-state index is 13.2. The molecule has 0 saturated heterocycles. The second-order valence-electron chi connectivity index (χ2n) is 6.57. The van der Waals surface area contributed by atoms with E-state index in [1.54, 1.807) is 35.4 Å². The number of methoxy groups -OCH3 is 1. The molecule has 2 aromatic carbocycles. The van der Waals surface area contributed by atoms with Crippen molar-refractivity contribution in [3.8, 4) is 5.75 Å². The van der Waals surface area contributed by atoms with Crippen LogP contribution in [0.3, 0.4) is 0 Å². The highest BCUT2D eigenvalue weighted by Crippen LogP contribution is 2.44. The van der Waals surface area contributed by atoms with E-state index in [1.807, 2.05) is 30.5 Å². The number of ether oxygens (including phenoxy) is 1. The van der Waals surface area contributed by atoms with Crippen molar-refractivity contribution in [3.05, 3.63) is 68.6 Å². The van der Waals surface area contributed by atoms with Crippen LogP contribution in [0.15, 0.2) is 58.2 Å². The first-order chi connectivity index (χ1) is 13.5. The monoisotopic (exact) mass is 412 g/mol. The fourth-order valence-corrected chi connectivity index (χ4v) is 5.03. The fourth-order valence-electron chi connectivity index (χ4n) is 3.53. The molecule has 0 radical (unpaired) electrons. The van der Waals surface area contributed by atoms with E-state index >= 15 is 0 Å². The maximum atomic E-state index is 13.2. The van der Waals surface area contributed by atoms with Gasteiger partial charge in [-0.25, -0.2) is 0 Å². The lowest BCUT2D eigenvalue weighted by Gasteiger charge is -2.32. The quantitative estimate of drug-likeness (QED) is 0.597. The molecule has 144 valence electrons. The Labute approximate surface area is 171 Å². The van der Waals surface area contributed by atoms with Gasteiger partial charge < -0.3 is 4.74 Å². The third-order valence-electron chi connectivity index (χ3n) is 5.01. The van der Waals surface area contributed by atoms with Gasteiger partial charge >= 0.3 is 4.87 Å². The van der Waals surface area contributed by atoms with Crippen molar-refractivity contribution in [1.82, 2.24) is 4.57 Å². The van der Waals surface area contributed by atoms with Gasteiger partial charge in [0, 0.05) is 24.3 Å². The summed E-state index contributed by atoms with van der Waals surface area (Å²) in [6.07, 6.45) is 2.37. The second-order valence-corrected chi connectivity index (χ2v) is 8.44. The van der Waals surface area contributed by atoms with Gasteiger partial charge in [-0.15, -0.1) is 11.8 Å². The van der Waals surface area contributed by atoms with Crippen LogP contribution in [0, 0.1) is 0 Å². The van der Waals surface area contributed by atoms with Crippen LogP contribution in [0.4, 0.5) is 11.5 Å². The molecule has 0 fully saturated rings. The normalized spacial score (nSPS) is 16.2. The van der Waals surface area contributed by atoms with Gasteiger partial charge in [-0.05, 0) is 48.2 Å². The van der Waals surface area contributed by atoms with Gasteiger partial charge in [-0.2, -0.15) is 0 Å². The number of rotatable bonds is 4. The van der Waals surface area contributed by atoms with Crippen molar-refractivity contribution < 1.29 is 9.53 Å². The molecule has 0 N–H and O–H groups in total. The Morgan fingerprint density at radius 1 is 1.07 bits per heavy atom. The van der Waals surface area contributed by atoms with E-state index < -0.39 is 0 Å². The first kappa shape index (κ1) is 18.8. The van der Waals surface area contributed by atoms with Crippen LogP contribution in [0.5, 0.6) is 5.75 Å². The number of hydrogen-bond acceptors (Lipinski definition) is 5. The van der Waals surface area contributed by atoms with E-state index in [-0.39, 0.29) is 16.7 Å². The van der Waals surface area contributed by atoms with E-state index in [9.17, 15) is 9.59 Å². The zero-order valence-electron chi connectivity index (χ0n) is 15.8. The summed E-state index contributed by atoms with van der Waals surface area (Å²) in [5.74, 6) is 1.26. The van der Waals surface area contributed by atoms with Crippen LogP contribution < -0.4 is 14.5 Å². The number of nitrogens with zero attached hydrogens (tertiary/aromatic N) is 2. The van der Waals surface area contributed by atoms with Crippen LogP contribution >= 0.6 is 23.1 Å². The lowest BCUT2D eigenvalue weighted by atomic mass is 9.90. The van der Waals surface area contributed by atoms with E-state index in [0.717, 1.165) is 21.9 Å². The molecule has 28 heavy (non-hydrogen) atoms. The number of anilines is 2. The molecule has 5 nitrogen and oxygen atoms in total. The molecule has 1 aliphatic heterocycles. The number of fused-ring (bicyclic) bond motifs is 1. The van der Waals surface area contributed by atoms with Crippen molar-refractivity contribution >= 4 is 40.5 Å². The van der Waals surface area contributed by atoms with Gasteiger partial charge in [0.05, 0.1) is 17.7 Å². The van der Waals surface area contributed by atoms with Gasteiger partial charge in [0.25, 0.3) is 0 Å². The minimum Gasteiger partial charge on any atom is -0.497 e. The van der Waals surface area contributed by atoms with Crippen LogP contribution in [0.1, 0.15) is 22.8 Å². The molecule has 1 atom stereocenters. The Morgan fingerprint density at radius 3 is 2.36 bits per heavy atom. The molecule has 1 amide bonds. The summed E-state index contributed by atoms with van der Waals surface area (Å²) in [5.41, 5.74) is 1.79. The van der Waals surface area contributed by atoms with Crippen LogP contribution in [-0.2, 0) is 11.8 Å². The fraction of sp³-hybridized carbons (Fsp3) is 0.238. The predicted molar refractivity (Wildman–Crippen MR) is 114 cm³/mol. The summed E-state index contributed by atoms with van der Waals surface area (Å²) in [6, 6.07) is 15.6. The molecular formula is C21H20N2O3S2. The smallest absolute Gasteiger partial charge is 0.308 e. The number of carbonyl (C=O) groups is 1. The van der Waals surface area contributed by atoms with Crippen LogP contribution in [-0.4, -0.2) is 23.8 Å². The second kappa shape index (κ2) is 7.48. The molecule has 1 aromatic heterocycles. The average Bonchev–Trinajstić information content (AvgIpc) is 3.02. The van der Waals surface area contributed by atoms with Crippen molar-refractivity contribution in [1.29, 1.82) is 0 Å². The van der Waals surface area contributed by atoms with Gasteiger partial charge in [0.15, 0.2) is 0 Å². The molecule has 0 aliphatic carbocycles. The number of benzene rings is 2. The third-order valence-corrected chi connectivity index (χ3v) is 6.89. The lowest BCUT2D eigenvalue weighted by molar-refractivity contribution is -0.118. The van der Waals surface area contributed by atoms with Crippen molar-refractivity contribution in [3.63, 3.8) is 0 Å². The van der Waals surface area contributed by atoms with Gasteiger partial charge in [0.1, 0.15) is 11.6 Å². The average molecular weight is 413 g/mol. The molecule has 1 aliphatic rings. The summed E-state index contributed by atoms with van der Waals surface area (Å²) in [5, 5.41) is 0. The molecule has 2 heterocycles. The molecular weight excluding hydrogens is 392 g/mol. The SMILES string of the molecule is COc1ccc(N2C(=O)C[C@@H](c3ccc(SC)cc3)c3sc(=O)n(C)c32)cc1. The number of thiazole rings is 1. The molecule has 0 saturated carbocycles. The first-order valence-corrected chi connectivity index (χ1v) is 10.9. The number of carbonyl (C=O) groups excluding carboxylic acids is 1. The molecule has 3 aromatic rings. The van der Waals surface area contributed by atoms with Gasteiger partial charge in [-0.3, -0.25) is 19.1 Å². The summed E-state index contributed by atoms with van der Waals surface area (Å²) >= 11 is 2.90. The van der Waals surface area contributed by atoms with E-state index in [1.165, 1.54) is 16.2 Å². The molecule has 4 rings (SSSR count). The minimum atomic E-state index is -0.105. The zero-order valence-corrected chi connectivity index (χ0v) is 17.5. The van der Waals surface area contributed by atoms with Crippen molar-refractivity contribution in [2.75, 3.05) is 18.3 Å². The highest BCUT2D eigenvalue weighted by atomic mass is 32.2. The topological polar surface area (TPSA) is 51.5 Å². The number of thioether (sulfide) groups is 1. The van der Waals surface area contributed by atoms with E-state index in [4.69, 9.17) is 4.74 Å². The predicted octanol–water partition coefficient (Wildman–Crippen LogP) is 4.38. The zero-order chi connectivity index (χ0) is 19.8. The highest BCUT2D eigenvalue weighted by Gasteiger charge is 2.37. The Hall–Kier alpha value is -2.51. The van der Waals surface area contributed by atoms with Crippen molar-refractivity contribution in [2.45, 2.75) is 17.2 Å². The molecule has 0 spiro atoms. The molecule has 7 heteroatoms. The summed E-state index contributed by atoms with van der Waals surface area (Å²) < 4.78 is 6.79. The lowest BCUT2D eigenvalue weighted by Crippen LogP contribution is -2.34. The van der Waals surface area contributed by atoms with Crippen molar-refractivity contribution in [2.24, 2.45) is 7.05 Å². The summed E-state index contributed by atoms with van der Waals surface area (Å²) in [7, 11) is 3.33. The molecule has 0 unspecified atom stereocenters. The Balaban J connectivity index is 1.82. The first-order valence-electron chi connectivity index (χ1n) is 8.84. The Bertz CT molecular complexity index is 1070. The molecule has 0 bridgehead atoms. The van der Waals surface area contributed by atoms with Crippen LogP contribution in [0.25, 0.3) is 0 Å². The Kier molecular flexibility index (Phi) is 5.03. The third kappa shape index (κ3) is 3.14. The number of amides is 1. The number of hydrogen-bond donors (Lipinski definition) is 0. The standard InChI is InChI=1S/C21H20N2O3S2/c1-22-20-19(28-21(22)25)17(13-4-10-16(27-3)11-5-13)12-18(24)23(20)14-6-8-15(26-2)9-7-14/h4-11,17H,12H2,1-3H3/t17-/m0/s1. The van der Waals surface area contributed by atoms with Gasteiger partial charge in [0.2, 0.25) is 5.91 Å².